The molecule has 0 saturated heterocycles. The number of likely N-dealkylation sites (N-methyl/N-ethyl adjacent to an activating group) is 1. The van der Waals surface area contributed by atoms with Gasteiger partial charge < -0.3 is 19.5 Å². The van der Waals surface area contributed by atoms with Crippen LogP contribution in [0.3, 0.4) is 0 Å². The van der Waals surface area contributed by atoms with E-state index in [9.17, 15) is 9.59 Å². The Hall–Kier alpha value is -3.97. The van der Waals surface area contributed by atoms with E-state index in [0.717, 1.165) is 11.3 Å². The first-order valence-electron chi connectivity index (χ1n) is 11.2. The molecule has 0 aliphatic rings. The summed E-state index contributed by atoms with van der Waals surface area (Å²) in [5.74, 6) is 1.14. The molecule has 0 spiro atoms. The van der Waals surface area contributed by atoms with Crippen molar-refractivity contribution in [2.75, 3.05) is 27.2 Å². The van der Waals surface area contributed by atoms with Crippen LogP contribution in [0.15, 0.2) is 83.7 Å². The Labute approximate surface area is 198 Å². The fourth-order valence-electron chi connectivity index (χ4n) is 3.57. The van der Waals surface area contributed by atoms with Gasteiger partial charge in [-0.15, -0.1) is 0 Å². The van der Waals surface area contributed by atoms with Gasteiger partial charge in [-0.05, 0) is 56.1 Å². The Morgan fingerprint density at radius 3 is 2.35 bits per heavy atom. The summed E-state index contributed by atoms with van der Waals surface area (Å²) in [6, 6.07) is 24.2. The Balaban J connectivity index is 1.50. The average molecular weight is 457 g/mol. The topological polar surface area (TPSA) is 78.5 Å². The number of H-pyrrole nitrogens is 1. The van der Waals surface area contributed by atoms with Gasteiger partial charge in [-0.2, -0.15) is 0 Å². The number of carbonyl (C=O) groups is 1. The van der Waals surface area contributed by atoms with Crippen molar-refractivity contribution in [2.45, 2.75) is 13.2 Å². The molecule has 0 unspecified atom stereocenters. The average Bonchev–Trinajstić information content (AvgIpc) is 2.86. The van der Waals surface area contributed by atoms with Gasteiger partial charge >= 0.3 is 0 Å². The molecule has 0 saturated carbocycles. The zero-order valence-corrected chi connectivity index (χ0v) is 19.4. The highest BCUT2D eigenvalue weighted by Crippen LogP contribution is 2.14. The number of nitrogens with one attached hydrogen (secondary N) is 1. The predicted molar refractivity (Wildman–Crippen MR) is 133 cm³/mol. The van der Waals surface area contributed by atoms with Crippen molar-refractivity contribution in [3.05, 3.63) is 106 Å². The maximum atomic E-state index is 13.4. The molecule has 7 heteroatoms. The fourth-order valence-corrected chi connectivity index (χ4v) is 3.57. The van der Waals surface area contributed by atoms with E-state index in [-0.39, 0.29) is 18.0 Å². The Morgan fingerprint density at radius 2 is 1.62 bits per heavy atom. The summed E-state index contributed by atoms with van der Waals surface area (Å²) in [6.07, 6.45) is 0. The molecule has 0 bridgehead atoms. The summed E-state index contributed by atoms with van der Waals surface area (Å²) in [5, 5.41) is 0.533. The molecule has 1 aromatic heterocycles. The number of benzene rings is 3. The van der Waals surface area contributed by atoms with Crippen LogP contribution >= 0.6 is 0 Å². The van der Waals surface area contributed by atoms with Gasteiger partial charge in [0.05, 0.1) is 17.4 Å². The van der Waals surface area contributed by atoms with E-state index in [1.807, 2.05) is 79.7 Å². The summed E-state index contributed by atoms with van der Waals surface area (Å²) < 4.78 is 5.79. The molecule has 1 heterocycles. The number of amides is 1. The van der Waals surface area contributed by atoms with Crippen LogP contribution in [-0.4, -0.2) is 52.9 Å². The number of carbonyl (C=O) groups excluding carboxylic acids is 1. The van der Waals surface area contributed by atoms with Crippen molar-refractivity contribution in [1.29, 1.82) is 0 Å². The molecule has 0 aliphatic carbocycles. The van der Waals surface area contributed by atoms with Gasteiger partial charge in [0.25, 0.3) is 11.5 Å². The fraction of sp³-hybridized carbons (Fsp3) is 0.222. The van der Waals surface area contributed by atoms with E-state index in [2.05, 4.69) is 9.97 Å². The van der Waals surface area contributed by atoms with Gasteiger partial charge in [-0.1, -0.05) is 42.5 Å². The number of ether oxygens (including phenoxy) is 1. The molecule has 3 aromatic carbocycles. The summed E-state index contributed by atoms with van der Waals surface area (Å²) in [7, 11) is 3.92. The number of hydrogen-bond donors (Lipinski definition) is 1. The third-order valence-corrected chi connectivity index (χ3v) is 5.46. The molecule has 0 fully saturated rings. The van der Waals surface area contributed by atoms with Gasteiger partial charge in [-0.3, -0.25) is 9.59 Å². The van der Waals surface area contributed by atoms with E-state index >= 15 is 0 Å². The molecule has 0 atom stereocenters. The zero-order chi connectivity index (χ0) is 23.9. The van der Waals surface area contributed by atoms with Crippen LogP contribution in [0, 0.1) is 0 Å². The van der Waals surface area contributed by atoms with Gasteiger partial charge in [0, 0.05) is 18.7 Å². The first-order valence-corrected chi connectivity index (χ1v) is 11.2. The number of rotatable bonds is 9. The van der Waals surface area contributed by atoms with Crippen LogP contribution in [0.2, 0.25) is 0 Å². The highest BCUT2D eigenvalue weighted by Gasteiger charge is 2.18. The second-order valence-corrected chi connectivity index (χ2v) is 8.36. The third kappa shape index (κ3) is 5.88. The summed E-state index contributed by atoms with van der Waals surface area (Å²) in [6.45, 7) is 1.82. The van der Waals surface area contributed by atoms with Crippen molar-refractivity contribution in [1.82, 2.24) is 19.8 Å². The number of aromatic nitrogens is 2. The van der Waals surface area contributed by atoms with Crippen LogP contribution in [0.1, 0.15) is 21.7 Å². The maximum absolute atomic E-state index is 13.4. The van der Waals surface area contributed by atoms with Gasteiger partial charge in [0.15, 0.2) is 0 Å². The molecule has 7 nitrogen and oxygen atoms in total. The van der Waals surface area contributed by atoms with Crippen LogP contribution in [0.4, 0.5) is 0 Å². The van der Waals surface area contributed by atoms with Crippen molar-refractivity contribution in [3.8, 4) is 5.75 Å². The number of fused-ring (bicyclic) bond motifs is 1. The van der Waals surface area contributed by atoms with Crippen molar-refractivity contribution < 1.29 is 9.53 Å². The smallest absolute Gasteiger partial charge is 0.258 e. The minimum absolute atomic E-state index is 0.117. The minimum atomic E-state index is -0.205. The first kappa shape index (κ1) is 23.2. The van der Waals surface area contributed by atoms with Crippen LogP contribution in [-0.2, 0) is 13.2 Å². The molecule has 1 N–H and O–H groups in total. The van der Waals surface area contributed by atoms with E-state index in [4.69, 9.17) is 4.74 Å². The molecule has 4 aromatic rings. The molecule has 1 amide bonds. The van der Waals surface area contributed by atoms with Crippen molar-refractivity contribution >= 4 is 16.8 Å². The molecule has 34 heavy (non-hydrogen) atoms. The summed E-state index contributed by atoms with van der Waals surface area (Å²) in [4.78, 5) is 36.9. The lowest BCUT2D eigenvalue weighted by Crippen LogP contribution is -2.37. The number of nitrogens with zero attached hydrogens (tertiary/aromatic N) is 3. The predicted octanol–water partition coefficient (Wildman–Crippen LogP) is 3.71. The Kier molecular flexibility index (Phi) is 7.34. The van der Waals surface area contributed by atoms with Crippen LogP contribution in [0.5, 0.6) is 5.75 Å². The highest BCUT2D eigenvalue weighted by molar-refractivity contribution is 5.94. The lowest BCUT2D eigenvalue weighted by Gasteiger charge is -2.24. The number of hydrogen-bond acceptors (Lipinski definition) is 5. The first-order chi connectivity index (χ1) is 16.5. The van der Waals surface area contributed by atoms with E-state index in [0.29, 0.717) is 42.0 Å². The normalized spacial score (nSPS) is 11.0. The second-order valence-electron chi connectivity index (χ2n) is 8.36. The molecular formula is C27H28N4O3. The van der Waals surface area contributed by atoms with E-state index in [1.54, 1.807) is 23.1 Å². The second kappa shape index (κ2) is 10.8. The van der Waals surface area contributed by atoms with Gasteiger partial charge in [0.2, 0.25) is 0 Å². The standard InChI is InChI=1S/C27H28N4O3/c1-30(2)16-17-31(18-25-28-24-11-7-6-10-23(24)26(32)29-25)27(33)21-14-12-20(13-15-21)19-34-22-8-4-3-5-9-22/h3-15H,16-19H2,1-2H3,(H,28,29,32). The number of aromatic amines is 1. The minimum Gasteiger partial charge on any atom is -0.489 e. The lowest BCUT2D eigenvalue weighted by atomic mass is 10.1. The Bertz CT molecular complexity index is 1300. The summed E-state index contributed by atoms with van der Waals surface area (Å²) in [5.41, 5.74) is 1.96. The lowest BCUT2D eigenvalue weighted by molar-refractivity contribution is 0.0727. The highest BCUT2D eigenvalue weighted by atomic mass is 16.5. The van der Waals surface area contributed by atoms with Gasteiger partial charge in [0.1, 0.15) is 18.2 Å². The van der Waals surface area contributed by atoms with E-state index < -0.39 is 0 Å². The quantitative estimate of drug-likeness (QED) is 0.415. The van der Waals surface area contributed by atoms with Crippen LogP contribution < -0.4 is 10.3 Å². The maximum Gasteiger partial charge on any atom is 0.258 e. The molecule has 4 rings (SSSR count). The molecule has 174 valence electrons. The molecular weight excluding hydrogens is 428 g/mol. The SMILES string of the molecule is CN(C)CCN(Cc1nc2ccccc2c(=O)[nH]1)C(=O)c1ccc(COc2ccccc2)cc1. The van der Waals surface area contributed by atoms with Crippen molar-refractivity contribution in [2.24, 2.45) is 0 Å². The van der Waals surface area contributed by atoms with Crippen molar-refractivity contribution in [3.63, 3.8) is 0 Å². The molecule has 0 aliphatic heterocycles. The monoisotopic (exact) mass is 456 g/mol. The largest absolute Gasteiger partial charge is 0.489 e. The van der Waals surface area contributed by atoms with E-state index in [1.165, 1.54) is 0 Å². The Morgan fingerprint density at radius 1 is 0.912 bits per heavy atom. The zero-order valence-electron chi connectivity index (χ0n) is 19.4. The third-order valence-electron chi connectivity index (χ3n) is 5.46. The van der Waals surface area contributed by atoms with Crippen LogP contribution in [0.25, 0.3) is 10.9 Å². The van der Waals surface area contributed by atoms with Gasteiger partial charge in [-0.25, -0.2) is 4.98 Å². The number of para-hydroxylation sites is 2. The summed E-state index contributed by atoms with van der Waals surface area (Å²) >= 11 is 0. The molecule has 0 radical (unpaired) electrons.